The average molecular weight is 391 g/mol. The first kappa shape index (κ1) is 17.3. The van der Waals surface area contributed by atoms with E-state index < -0.39 is 10.0 Å². The highest BCUT2D eigenvalue weighted by Gasteiger charge is 2.31. The molecular weight excluding hydrogens is 374 g/mol. The van der Waals surface area contributed by atoms with E-state index in [2.05, 4.69) is 20.1 Å². The molecule has 0 aliphatic carbocycles. The van der Waals surface area contributed by atoms with Crippen LogP contribution >= 0.6 is 11.3 Å². The Kier molecular flexibility index (Phi) is 4.79. The van der Waals surface area contributed by atoms with Crippen molar-refractivity contribution >= 4 is 21.4 Å². The molecule has 4 heterocycles. The van der Waals surface area contributed by atoms with Crippen LogP contribution in [0.25, 0.3) is 11.5 Å². The molecule has 0 saturated carbocycles. The molecule has 1 aliphatic heterocycles. The molecule has 4 rings (SSSR count). The summed E-state index contributed by atoms with van der Waals surface area (Å²) in [5, 5.41) is 5.72. The maximum absolute atomic E-state index is 12.7. The van der Waals surface area contributed by atoms with E-state index in [1.807, 2.05) is 0 Å². The molecule has 0 amide bonds. The number of hydrogen-bond donors (Lipinski definition) is 0. The van der Waals surface area contributed by atoms with Gasteiger partial charge in [-0.25, -0.2) is 13.4 Å². The molecule has 3 aromatic heterocycles. The number of aromatic nitrogens is 4. The van der Waals surface area contributed by atoms with Crippen LogP contribution in [0.15, 0.2) is 44.8 Å². The molecule has 0 bridgehead atoms. The van der Waals surface area contributed by atoms with Crippen LogP contribution in [0, 0.1) is 5.92 Å². The summed E-state index contributed by atoms with van der Waals surface area (Å²) in [7, 11) is -3.41. The van der Waals surface area contributed by atoms with Crippen LogP contribution in [0.3, 0.4) is 0 Å². The zero-order valence-electron chi connectivity index (χ0n) is 13.9. The highest BCUT2D eigenvalue weighted by Crippen LogP contribution is 2.28. The second kappa shape index (κ2) is 7.22. The Morgan fingerprint density at radius 2 is 2.27 bits per heavy atom. The van der Waals surface area contributed by atoms with Crippen molar-refractivity contribution in [3.63, 3.8) is 0 Å². The van der Waals surface area contributed by atoms with Crippen LogP contribution in [0.4, 0.5) is 0 Å². The van der Waals surface area contributed by atoms with Crippen molar-refractivity contribution in [2.45, 2.75) is 23.5 Å². The lowest BCUT2D eigenvalue weighted by Gasteiger charge is -2.30. The van der Waals surface area contributed by atoms with E-state index in [0.717, 1.165) is 12.8 Å². The molecule has 0 aromatic carbocycles. The van der Waals surface area contributed by atoms with Gasteiger partial charge in [0, 0.05) is 31.9 Å². The van der Waals surface area contributed by atoms with E-state index in [1.54, 1.807) is 40.4 Å². The van der Waals surface area contributed by atoms with Gasteiger partial charge in [0.25, 0.3) is 10.0 Å². The van der Waals surface area contributed by atoms with Gasteiger partial charge >= 0.3 is 0 Å². The quantitative estimate of drug-likeness (QED) is 0.657. The Balaban J connectivity index is 1.45. The molecule has 1 atom stereocenters. The minimum Gasteiger partial charge on any atom is -0.339 e. The molecule has 8 nitrogen and oxygen atoms in total. The van der Waals surface area contributed by atoms with Gasteiger partial charge in [0.15, 0.2) is 0 Å². The minimum atomic E-state index is -3.41. The Bertz CT molecular complexity index is 957. The fourth-order valence-corrected chi connectivity index (χ4v) is 5.75. The van der Waals surface area contributed by atoms with E-state index in [9.17, 15) is 8.42 Å². The summed E-state index contributed by atoms with van der Waals surface area (Å²) in [6.07, 6.45) is 7.02. The first-order valence-corrected chi connectivity index (χ1v) is 10.6. The number of nitrogens with zero attached hydrogens (tertiary/aromatic N) is 5. The SMILES string of the molecule is O=S(=O)(c1cccs1)N1CCCC(Cc2nc(-c3cnccn3)no2)C1. The molecule has 3 aromatic rings. The van der Waals surface area contributed by atoms with Crippen molar-refractivity contribution < 1.29 is 12.9 Å². The van der Waals surface area contributed by atoms with E-state index in [0.29, 0.717) is 41.1 Å². The van der Waals surface area contributed by atoms with Gasteiger partial charge < -0.3 is 4.52 Å². The number of rotatable bonds is 5. The van der Waals surface area contributed by atoms with Crippen LogP contribution in [-0.4, -0.2) is 45.9 Å². The van der Waals surface area contributed by atoms with E-state index in [-0.39, 0.29) is 5.92 Å². The molecule has 1 aliphatic rings. The van der Waals surface area contributed by atoms with Gasteiger partial charge in [-0.05, 0) is 30.2 Å². The predicted octanol–water partition coefficient (Wildman–Crippen LogP) is 2.23. The van der Waals surface area contributed by atoms with Crippen LogP contribution < -0.4 is 0 Å². The lowest BCUT2D eigenvalue weighted by molar-refractivity contribution is 0.247. The summed E-state index contributed by atoms with van der Waals surface area (Å²) in [4.78, 5) is 12.5. The summed E-state index contributed by atoms with van der Waals surface area (Å²) >= 11 is 1.25. The number of sulfonamides is 1. The molecule has 136 valence electrons. The molecule has 1 fully saturated rings. The molecule has 10 heteroatoms. The smallest absolute Gasteiger partial charge is 0.252 e. The average Bonchev–Trinajstić information content (AvgIpc) is 3.35. The Morgan fingerprint density at radius 1 is 1.35 bits per heavy atom. The zero-order valence-corrected chi connectivity index (χ0v) is 15.5. The van der Waals surface area contributed by atoms with E-state index in [4.69, 9.17) is 4.52 Å². The molecule has 26 heavy (non-hydrogen) atoms. The number of piperidine rings is 1. The van der Waals surface area contributed by atoms with Crippen molar-refractivity contribution in [2.24, 2.45) is 5.92 Å². The van der Waals surface area contributed by atoms with Gasteiger partial charge in [-0.3, -0.25) is 4.98 Å². The normalized spacial score (nSPS) is 18.8. The predicted molar refractivity (Wildman–Crippen MR) is 94.8 cm³/mol. The molecule has 0 radical (unpaired) electrons. The minimum absolute atomic E-state index is 0.147. The van der Waals surface area contributed by atoms with E-state index in [1.165, 1.54) is 11.3 Å². The van der Waals surface area contributed by atoms with Crippen LogP contribution in [-0.2, 0) is 16.4 Å². The van der Waals surface area contributed by atoms with Gasteiger partial charge in [0.05, 0.1) is 6.20 Å². The van der Waals surface area contributed by atoms with Crippen LogP contribution in [0.5, 0.6) is 0 Å². The van der Waals surface area contributed by atoms with Crippen molar-refractivity contribution in [3.05, 3.63) is 42.0 Å². The van der Waals surface area contributed by atoms with Crippen molar-refractivity contribution in [1.29, 1.82) is 0 Å². The Morgan fingerprint density at radius 3 is 3.04 bits per heavy atom. The maximum atomic E-state index is 12.7. The Labute approximate surface area is 155 Å². The fraction of sp³-hybridized carbons (Fsp3) is 0.375. The second-order valence-electron chi connectivity index (χ2n) is 6.11. The maximum Gasteiger partial charge on any atom is 0.252 e. The summed E-state index contributed by atoms with van der Waals surface area (Å²) in [6, 6.07) is 3.40. The summed E-state index contributed by atoms with van der Waals surface area (Å²) in [5.41, 5.74) is 0.549. The monoisotopic (exact) mass is 391 g/mol. The third kappa shape index (κ3) is 3.53. The standard InChI is InChI=1S/C16H17N5O3S2/c22-26(23,15-4-2-8-25-15)21-7-1-3-12(11-21)9-14-19-16(20-24-14)13-10-17-5-6-18-13/h2,4-6,8,10,12H,1,3,7,9,11H2. The number of thiophene rings is 1. The van der Waals surface area contributed by atoms with Crippen molar-refractivity contribution in [2.75, 3.05) is 13.1 Å². The highest BCUT2D eigenvalue weighted by atomic mass is 32.2. The zero-order chi connectivity index (χ0) is 18.0. The lowest BCUT2D eigenvalue weighted by atomic mass is 9.96. The molecule has 0 spiro atoms. The van der Waals surface area contributed by atoms with Crippen molar-refractivity contribution in [3.8, 4) is 11.5 Å². The largest absolute Gasteiger partial charge is 0.339 e. The van der Waals surface area contributed by atoms with Crippen LogP contribution in [0.1, 0.15) is 18.7 Å². The van der Waals surface area contributed by atoms with E-state index >= 15 is 0 Å². The van der Waals surface area contributed by atoms with Crippen LogP contribution in [0.2, 0.25) is 0 Å². The first-order valence-electron chi connectivity index (χ1n) is 8.25. The van der Waals surface area contributed by atoms with Gasteiger partial charge in [-0.2, -0.15) is 9.29 Å². The van der Waals surface area contributed by atoms with Gasteiger partial charge in [-0.1, -0.05) is 11.2 Å². The van der Waals surface area contributed by atoms with Gasteiger partial charge in [0.1, 0.15) is 9.90 Å². The fourth-order valence-electron chi connectivity index (χ4n) is 3.05. The van der Waals surface area contributed by atoms with Gasteiger partial charge in [0.2, 0.25) is 11.7 Å². The Hall–Kier alpha value is -2.17. The van der Waals surface area contributed by atoms with Crippen molar-refractivity contribution in [1.82, 2.24) is 24.4 Å². The highest BCUT2D eigenvalue weighted by molar-refractivity contribution is 7.91. The van der Waals surface area contributed by atoms with Gasteiger partial charge in [-0.15, -0.1) is 11.3 Å². The summed E-state index contributed by atoms with van der Waals surface area (Å²) in [5.74, 6) is 1.03. The number of hydrogen-bond acceptors (Lipinski definition) is 8. The summed E-state index contributed by atoms with van der Waals surface area (Å²) in [6.45, 7) is 1.01. The third-order valence-corrected chi connectivity index (χ3v) is 7.53. The molecular formula is C16H17N5O3S2. The second-order valence-corrected chi connectivity index (χ2v) is 9.22. The molecule has 1 unspecified atom stereocenters. The molecule has 1 saturated heterocycles. The topological polar surface area (TPSA) is 102 Å². The lowest BCUT2D eigenvalue weighted by Crippen LogP contribution is -2.40. The summed E-state index contributed by atoms with van der Waals surface area (Å²) < 4.78 is 32.7. The third-order valence-electron chi connectivity index (χ3n) is 4.29. The molecule has 0 N–H and O–H groups in total. The first-order chi connectivity index (χ1) is 12.6.